The molecule has 29 heavy (non-hydrogen) atoms. The molecule has 1 aliphatic rings. The molecule has 0 saturated carbocycles. The van der Waals surface area contributed by atoms with Crippen LogP contribution >= 0.6 is 0 Å². The second-order valence-corrected chi connectivity index (χ2v) is 7.41. The molecule has 1 N–H and O–H groups in total. The Kier molecular flexibility index (Phi) is 6.25. The van der Waals surface area contributed by atoms with Crippen molar-refractivity contribution in [1.82, 2.24) is 4.90 Å². The van der Waals surface area contributed by atoms with Crippen LogP contribution in [0.1, 0.15) is 24.8 Å². The minimum absolute atomic E-state index is 0.0122. The molecule has 0 aromatic heterocycles. The highest BCUT2D eigenvalue weighted by atomic mass is 19.4. The van der Waals surface area contributed by atoms with Crippen LogP contribution in [0.25, 0.3) is 11.1 Å². The summed E-state index contributed by atoms with van der Waals surface area (Å²) in [7, 11) is 0. The maximum atomic E-state index is 12.7. The van der Waals surface area contributed by atoms with Gasteiger partial charge >= 0.3 is 6.18 Å². The molecule has 154 valence electrons. The first-order valence-corrected chi connectivity index (χ1v) is 9.54. The van der Waals surface area contributed by atoms with Crippen LogP contribution in [0.5, 0.6) is 0 Å². The fourth-order valence-electron chi connectivity index (χ4n) is 3.55. The zero-order valence-electron chi connectivity index (χ0n) is 16.1. The normalized spacial score (nSPS) is 17.1. The van der Waals surface area contributed by atoms with E-state index in [4.69, 9.17) is 0 Å². The van der Waals surface area contributed by atoms with E-state index < -0.39 is 24.4 Å². The van der Waals surface area contributed by atoms with Gasteiger partial charge in [-0.15, -0.1) is 0 Å². The number of benzene rings is 2. The number of anilines is 1. The van der Waals surface area contributed by atoms with E-state index in [1.165, 1.54) is 0 Å². The van der Waals surface area contributed by atoms with Crippen LogP contribution in [0.4, 0.5) is 18.9 Å². The Morgan fingerprint density at radius 2 is 1.79 bits per heavy atom. The highest BCUT2D eigenvalue weighted by molar-refractivity contribution is 5.94. The van der Waals surface area contributed by atoms with Crippen LogP contribution in [0.2, 0.25) is 0 Å². The van der Waals surface area contributed by atoms with Gasteiger partial charge in [-0.25, -0.2) is 0 Å². The zero-order valence-corrected chi connectivity index (χ0v) is 16.1. The number of halogens is 3. The Labute approximate surface area is 167 Å². The lowest BCUT2D eigenvalue weighted by atomic mass is 9.96. The zero-order chi connectivity index (χ0) is 21.0. The molecule has 1 fully saturated rings. The van der Waals surface area contributed by atoms with Crippen molar-refractivity contribution in [3.8, 4) is 11.1 Å². The Balaban J connectivity index is 1.65. The lowest BCUT2D eigenvalue weighted by molar-refractivity contribution is -0.162. The van der Waals surface area contributed by atoms with Crippen LogP contribution in [0.3, 0.4) is 0 Å². The van der Waals surface area contributed by atoms with Crippen molar-refractivity contribution in [2.45, 2.75) is 32.4 Å². The van der Waals surface area contributed by atoms with Crippen molar-refractivity contribution < 1.29 is 22.8 Å². The lowest BCUT2D eigenvalue weighted by Crippen LogP contribution is -2.44. The van der Waals surface area contributed by atoms with Crippen LogP contribution < -0.4 is 5.32 Å². The average Bonchev–Trinajstić information content (AvgIpc) is 2.67. The van der Waals surface area contributed by atoms with Crippen molar-refractivity contribution in [2.24, 2.45) is 5.92 Å². The number of likely N-dealkylation sites (tertiary alicyclic amines) is 1. The number of alkyl halides is 3. The van der Waals surface area contributed by atoms with E-state index >= 15 is 0 Å². The van der Waals surface area contributed by atoms with Crippen LogP contribution in [-0.2, 0) is 9.59 Å². The number of rotatable bonds is 4. The second kappa shape index (κ2) is 8.68. The fourth-order valence-corrected chi connectivity index (χ4v) is 3.55. The van der Waals surface area contributed by atoms with Gasteiger partial charge in [0.05, 0.1) is 5.92 Å². The molecule has 0 radical (unpaired) electrons. The van der Waals surface area contributed by atoms with Gasteiger partial charge in [0, 0.05) is 18.8 Å². The van der Waals surface area contributed by atoms with Crippen LogP contribution in [-0.4, -0.2) is 36.0 Å². The van der Waals surface area contributed by atoms with E-state index in [1.807, 2.05) is 49.4 Å². The summed E-state index contributed by atoms with van der Waals surface area (Å²) < 4.78 is 37.4. The standard InChI is InChI=1S/C22H23F3N2O2/c1-15-5-2-6-16(11-15)17-7-3-9-19(12-17)26-21(29)18-8-4-10-27(14-18)20(28)13-22(23,24)25/h2-3,5-7,9,11-12,18H,4,8,10,13-14H2,1H3,(H,26,29)/t18-/m0/s1. The fraction of sp³-hybridized carbons (Fsp3) is 0.364. The number of nitrogens with zero attached hydrogens (tertiary/aromatic N) is 1. The number of carbonyl (C=O) groups is 2. The van der Waals surface area contributed by atoms with Gasteiger partial charge in [0.15, 0.2) is 0 Å². The lowest BCUT2D eigenvalue weighted by Gasteiger charge is -2.32. The third kappa shape index (κ3) is 5.82. The van der Waals surface area contributed by atoms with E-state index in [9.17, 15) is 22.8 Å². The quantitative estimate of drug-likeness (QED) is 0.797. The van der Waals surface area contributed by atoms with E-state index in [0.717, 1.165) is 21.6 Å². The molecule has 1 atom stereocenters. The smallest absolute Gasteiger partial charge is 0.342 e. The third-order valence-electron chi connectivity index (χ3n) is 4.98. The number of hydrogen-bond acceptors (Lipinski definition) is 2. The Bertz CT molecular complexity index is 896. The van der Waals surface area contributed by atoms with E-state index in [0.29, 0.717) is 18.5 Å². The predicted octanol–water partition coefficient (Wildman–Crippen LogP) is 4.79. The maximum absolute atomic E-state index is 12.7. The van der Waals surface area contributed by atoms with E-state index in [-0.39, 0.29) is 19.0 Å². The number of carbonyl (C=O) groups excluding carboxylic acids is 2. The highest BCUT2D eigenvalue weighted by Crippen LogP contribution is 2.26. The third-order valence-corrected chi connectivity index (χ3v) is 4.98. The Morgan fingerprint density at radius 3 is 2.48 bits per heavy atom. The van der Waals surface area contributed by atoms with Crippen molar-refractivity contribution in [3.05, 3.63) is 54.1 Å². The van der Waals surface area contributed by atoms with Crippen molar-refractivity contribution in [3.63, 3.8) is 0 Å². The summed E-state index contributed by atoms with van der Waals surface area (Å²) >= 11 is 0. The molecule has 7 heteroatoms. The van der Waals surface area contributed by atoms with Gasteiger partial charge in [-0.2, -0.15) is 13.2 Å². The molecular weight excluding hydrogens is 381 g/mol. The number of amides is 2. The summed E-state index contributed by atoms with van der Waals surface area (Å²) in [6, 6.07) is 15.4. The van der Waals surface area contributed by atoms with Gasteiger partial charge in [0.1, 0.15) is 6.42 Å². The largest absolute Gasteiger partial charge is 0.397 e. The van der Waals surface area contributed by atoms with Gasteiger partial charge in [-0.05, 0) is 43.0 Å². The molecular formula is C22H23F3N2O2. The molecule has 0 spiro atoms. The first-order valence-electron chi connectivity index (χ1n) is 9.54. The van der Waals surface area contributed by atoms with Crippen LogP contribution in [0, 0.1) is 12.8 Å². The number of piperidine rings is 1. The summed E-state index contributed by atoms with van der Waals surface area (Å²) in [5.41, 5.74) is 3.73. The van der Waals surface area contributed by atoms with Crippen molar-refractivity contribution in [1.29, 1.82) is 0 Å². The van der Waals surface area contributed by atoms with Gasteiger partial charge in [0.25, 0.3) is 0 Å². The Morgan fingerprint density at radius 1 is 1.10 bits per heavy atom. The highest BCUT2D eigenvalue weighted by Gasteiger charge is 2.36. The van der Waals surface area contributed by atoms with E-state index in [1.54, 1.807) is 6.07 Å². The van der Waals surface area contributed by atoms with Gasteiger partial charge in [-0.3, -0.25) is 9.59 Å². The number of aryl methyl sites for hydroxylation is 1. The minimum atomic E-state index is -4.54. The number of nitrogens with one attached hydrogen (secondary N) is 1. The first kappa shape index (κ1) is 20.9. The summed E-state index contributed by atoms with van der Waals surface area (Å²) in [6.07, 6.45) is -4.98. The predicted molar refractivity (Wildman–Crippen MR) is 105 cm³/mol. The molecule has 2 aromatic rings. The molecule has 4 nitrogen and oxygen atoms in total. The average molecular weight is 404 g/mol. The molecule has 3 rings (SSSR count). The first-order chi connectivity index (χ1) is 13.7. The SMILES string of the molecule is Cc1cccc(-c2cccc(NC(=O)[C@H]3CCCN(C(=O)CC(F)(F)F)C3)c2)c1. The Hall–Kier alpha value is -2.83. The van der Waals surface area contributed by atoms with Crippen molar-refractivity contribution in [2.75, 3.05) is 18.4 Å². The summed E-state index contributed by atoms with van der Waals surface area (Å²) in [6.45, 7) is 2.27. The molecule has 1 aliphatic heterocycles. The minimum Gasteiger partial charge on any atom is -0.342 e. The molecule has 2 amide bonds. The maximum Gasteiger partial charge on any atom is 0.397 e. The van der Waals surface area contributed by atoms with Crippen LogP contribution in [0.15, 0.2) is 48.5 Å². The molecule has 1 saturated heterocycles. The molecule has 0 aliphatic carbocycles. The van der Waals surface area contributed by atoms with Gasteiger partial charge in [0.2, 0.25) is 11.8 Å². The summed E-state index contributed by atoms with van der Waals surface area (Å²) in [5, 5.41) is 2.85. The van der Waals surface area contributed by atoms with Crippen molar-refractivity contribution >= 4 is 17.5 Å². The molecule has 1 heterocycles. The monoisotopic (exact) mass is 404 g/mol. The second-order valence-electron chi connectivity index (χ2n) is 7.41. The van der Waals surface area contributed by atoms with Gasteiger partial charge in [-0.1, -0.05) is 42.0 Å². The van der Waals surface area contributed by atoms with E-state index in [2.05, 4.69) is 5.32 Å². The van der Waals surface area contributed by atoms with Gasteiger partial charge < -0.3 is 10.2 Å². The summed E-state index contributed by atoms with van der Waals surface area (Å²) in [5.74, 6) is -1.78. The molecule has 2 aromatic carbocycles. The topological polar surface area (TPSA) is 49.4 Å². The molecule has 0 unspecified atom stereocenters. The summed E-state index contributed by atoms with van der Waals surface area (Å²) in [4.78, 5) is 25.6. The molecule has 0 bridgehead atoms. The number of hydrogen-bond donors (Lipinski definition) is 1.